The Kier molecular flexibility index (Phi) is 3.42. The lowest BCUT2D eigenvalue weighted by atomic mass is 9.83. The Morgan fingerprint density at radius 1 is 1.39 bits per heavy atom. The van der Waals surface area contributed by atoms with Crippen LogP contribution in [0.5, 0.6) is 0 Å². The van der Waals surface area contributed by atoms with E-state index < -0.39 is 5.82 Å². The number of benzene rings is 1. The Balaban J connectivity index is 2.39. The van der Waals surface area contributed by atoms with Crippen LogP contribution in [0.15, 0.2) is 18.2 Å². The summed E-state index contributed by atoms with van der Waals surface area (Å²) in [7, 11) is 0. The Bertz CT molecular complexity index is 468. The Morgan fingerprint density at radius 2 is 2.11 bits per heavy atom. The van der Waals surface area contributed by atoms with E-state index in [4.69, 9.17) is 0 Å². The smallest absolute Gasteiger partial charge is 0.164 e. The molecule has 1 aromatic carbocycles. The first kappa shape index (κ1) is 13.1. The van der Waals surface area contributed by atoms with E-state index in [0.29, 0.717) is 0 Å². The average molecular weight is 249 g/mol. The van der Waals surface area contributed by atoms with E-state index in [1.807, 2.05) is 6.07 Å². The van der Waals surface area contributed by atoms with Crippen LogP contribution in [-0.4, -0.2) is 18.9 Å². The van der Waals surface area contributed by atoms with Crippen LogP contribution in [0.25, 0.3) is 0 Å². The third-order valence-electron chi connectivity index (χ3n) is 3.58. The molecule has 0 saturated carbocycles. The van der Waals surface area contributed by atoms with Crippen molar-refractivity contribution in [2.24, 2.45) is 5.41 Å². The third-order valence-corrected chi connectivity index (χ3v) is 3.58. The lowest BCUT2D eigenvalue weighted by molar-refractivity contribution is 0.101. The number of piperidine rings is 1. The Hall–Kier alpha value is -1.38. The molecule has 0 atom stereocenters. The van der Waals surface area contributed by atoms with Gasteiger partial charge in [-0.15, -0.1) is 0 Å². The summed E-state index contributed by atoms with van der Waals surface area (Å²) in [5, 5.41) is 0. The molecule has 1 fully saturated rings. The molecule has 0 aliphatic carbocycles. The zero-order chi connectivity index (χ0) is 13.3. The normalized spacial score (nSPS) is 18.8. The molecule has 1 aromatic rings. The molecule has 1 heterocycles. The molecule has 98 valence electrons. The standard InChI is InChI=1S/C15H20FNO/c1-11(18)14-12(16)6-4-7-13(14)17-9-5-8-15(2,3)10-17/h4,6-7H,5,8-10H2,1-3H3. The minimum absolute atomic E-state index is 0.202. The number of ketones is 1. The second kappa shape index (κ2) is 4.71. The van der Waals surface area contributed by atoms with Crippen LogP contribution in [0.3, 0.4) is 0 Å². The minimum atomic E-state index is -0.414. The lowest BCUT2D eigenvalue weighted by Gasteiger charge is -2.40. The van der Waals surface area contributed by atoms with Crippen molar-refractivity contribution in [3.63, 3.8) is 0 Å². The molecule has 0 N–H and O–H groups in total. The first-order chi connectivity index (χ1) is 8.41. The van der Waals surface area contributed by atoms with Crippen LogP contribution in [0.1, 0.15) is 44.0 Å². The van der Waals surface area contributed by atoms with Crippen molar-refractivity contribution in [2.75, 3.05) is 18.0 Å². The number of halogens is 1. The quantitative estimate of drug-likeness (QED) is 0.746. The van der Waals surface area contributed by atoms with Gasteiger partial charge in [0.1, 0.15) is 5.82 Å². The van der Waals surface area contributed by atoms with Gasteiger partial charge in [-0.2, -0.15) is 0 Å². The number of anilines is 1. The van der Waals surface area contributed by atoms with Crippen molar-refractivity contribution < 1.29 is 9.18 Å². The summed E-state index contributed by atoms with van der Waals surface area (Å²) >= 11 is 0. The molecule has 1 aliphatic rings. The predicted molar refractivity (Wildman–Crippen MR) is 71.6 cm³/mol. The fourth-order valence-electron chi connectivity index (χ4n) is 2.75. The maximum Gasteiger partial charge on any atom is 0.164 e. The van der Waals surface area contributed by atoms with Gasteiger partial charge in [-0.25, -0.2) is 4.39 Å². The summed E-state index contributed by atoms with van der Waals surface area (Å²) in [6, 6.07) is 4.88. The lowest BCUT2D eigenvalue weighted by Crippen LogP contribution is -2.40. The summed E-state index contributed by atoms with van der Waals surface area (Å²) in [5.41, 5.74) is 1.20. The molecule has 0 spiro atoms. The minimum Gasteiger partial charge on any atom is -0.370 e. The summed E-state index contributed by atoms with van der Waals surface area (Å²) in [6.07, 6.45) is 2.26. The highest BCUT2D eigenvalue weighted by Gasteiger charge is 2.28. The molecule has 3 heteroatoms. The molecule has 1 aliphatic heterocycles. The second-order valence-electron chi connectivity index (χ2n) is 5.88. The molecule has 1 saturated heterocycles. The van der Waals surface area contributed by atoms with E-state index in [2.05, 4.69) is 18.7 Å². The van der Waals surface area contributed by atoms with Gasteiger partial charge in [0.05, 0.1) is 11.3 Å². The van der Waals surface area contributed by atoms with Crippen molar-refractivity contribution in [3.8, 4) is 0 Å². The molecular weight excluding hydrogens is 229 g/mol. The maximum absolute atomic E-state index is 13.8. The van der Waals surface area contributed by atoms with E-state index in [0.717, 1.165) is 25.2 Å². The topological polar surface area (TPSA) is 20.3 Å². The Morgan fingerprint density at radius 3 is 2.72 bits per heavy atom. The van der Waals surface area contributed by atoms with Crippen molar-refractivity contribution in [2.45, 2.75) is 33.6 Å². The van der Waals surface area contributed by atoms with Gasteiger partial charge < -0.3 is 4.90 Å². The molecule has 2 rings (SSSR count). The number of nitrogens with zero attached hydrogens (tertiary/aromatic N) is 1. The van der Waals surface area contributed by atoms with E-state index >= 15 is 0 Å². The molecule has 18 heavy (non-hydrogen) atoms. The van der Waals surface area contributed by atoms with Gasteiger partial charge in [-0.3, -0.25) is 4.79 Å². The summed E-state index contributed by atoms with van der Waals surface area (Å²) in [5.74, 6) is -0.616. The third kappa shape index (κ3) is 2.55. The number of carbonyl (C=O) groups is 1. The summed E-state index contributed by atoms with van der Waals surface area (Å²) < 4.78 is 13.8. The van der Waals surface area contributed by atoms with Crippen molar-refractivity contribution in [1.82, 2.24) is 0 Å². The van der Waals surface area contributed by atoms with Crippen LogP contribution in [0.2, 0.25) is 0 Å². The van der Waals surface area contributed by atoms with Crippen LogP contribution in [0, 0.1) is 11.2 Å². The monoisotopic (exact) mass is 249 g/mol. The van der Waals surface area contributed by atoms with E-state index in [1.165, 1.54) is 19.4 Å². The van der Waals surface area contributed by atoms with Gasteiger partial charge in [0.25, 0.3) is 0 Å². The van der Waals surface area contributed by atoms with E-state index in [1.54, 1.807) is 6.07 Å². The van der Waals surface area contributed by atoms with Crippen LogP contribution >= 0.6 is 0 Å². The van der Waals surface area contributed by atoms with E-state index in [-0.39, 0.29) is 16.8 Å². The van der Waals surface area contributed by atoms with Crippen molar-refractivity contribution >= 4 is 11.5 Å². The van der Waals surface area contributed by atoms with Crippen LogP contribution < -0.4 is 4.90 Å². The van der Waals surface area contributed by atoms with Gasteiger partial charge in [0, 0.05) is 13.1 Å². The average Bonchev–Trinajstić information content (AvgIpc) is 2.26. The number of hydrogen-bond acceptors (Lipinski definition) is 2. The first-order valence-electron chi connectivity index (χ1n) is 6.45. The van der Waals surface area contributed by atoms with Gasteiger partial charge in [-0.1, -0.05) is 19.9 Å². The van der Waals surface area contributed by atoms with Gasteiger partial charge in [0.2, 0.25) is 0 Å². The van der Waals surface area contributed by atoms with Gasteiger partial charge >= 0.3 is 0 Å². The maximum atomic E-state index is 13.8. The van der Waals surface area contributed by atoms with Crippen molar-refractivity contribution in [1.29, 1.82) is 0 Å². The molecule has 2 nitrogen and oxygen atoms in total. The fraction of sp³-hybridized carbons (Fsp3) is 0.533. The van der Waals surface area contributed by atoms with Gasteiger partial charge in [-0.05, 0) is 37.3 Å². The number of Topliss-reactive ketones (excluding diaryl/α,β-unsaturated/α-hetero) is 1. The highest BCUT2D eigenvalue weighted by atomic mass is 19.1. The van der Waals surface area contributed by atoms with Gasteiger partial charge in [0.15, 0.2) is 5.78 Å². The highest BCUT2D eigenvalue weighted by Crippen LogP contribution is 2.33. The van der Waals surface area contributed by atoms with Crippen molar-refractivity contribution in [3.05, 3.63) is 29.6 Å². The second-order valence-corrected chi connectivity index (χ2v) is 5.88. The molecule has 0 amide bonds. The predicted octanol–water partition coefficient (Wildman–Crippen LogP) is 3.65. The molecule has 0 aromatic heterocycles. The largest absolute Gasteiger partial charge is 0.370 e. The zero-order valence-electron chi connectivity index (χ0n) is 11.3. The van der Waals surface area contributed by atoms with E-state index in [9.17, 15) is 9.18 Å². The summed E-state index contributed by atoms with van der Waals surface area (Å²) in [6.45, 7) is 7.62. The zero-order valence-corrected chi connectivity index (χ0v) is 11.3. The fourth-order valence-corrected chi connectivity index (χ4v) is 2.75. The highest BCUT2D eigenvalue weighted by molar-refractivity contribution is 6.00. The number of carbonyl (C=O) groups excluding carboxylic acids is 1. The molecule has 0 radical (unpaired) electrons. The van der Waals surface area contributed by atoms with Crippen LogP contribution in [-0.2, 0) is 0 Å². The van der Waals surface area contributed by atoms with Crippen LogP contribution in [0.4, 0.5) is 10.1 Å². The molecule has 0 bridgehead atoms. The Labute approximate surface area is 108 Å². The summed E-state index contributed by atoms with van der Waals surface area (Å²) in [4.78, 5) is 13.8. The number of rotatable bonds is 2. The number of hydrogen-bond donors (Lipinski definition) is 0. The molecule has 0 unspecified atom stereocenters. The first-order valence-corrected chi connectivity index (χ1v) is 6.45. The SMILES string of the molecule is CC(=O)c1c(F)cccc1N1CCCC(C)(C)C1. The molecular formula is C15H20FNO.